The molecule has 0 aliphatic heterocycles. The van der Waals surface area contributed by atoms with E-state index in [-0.39, 0.29) is 5.37 Å². The number of thiol groups is 1. The van der Waals surface area contributed by atoms with Gasteiger partial charge in [-0.1, -0.05) is 11.6 Å². The van der Waals surface area contributed by atoms with Crippen LogP contribution in [-0.4, -0.2) is 7.05 Å². The van der Waals surface area contributed by atoms with Crippen LogP contribution in [0.5, 0.6) is 0 Å². The van der Waals surface area contributed by atoms with Crippen molar-refractivity contribution in [3.05, 3.63) is 21.3 Å². The largest absolute Gasteiger partial charge is 0.304 e. The third kappa shape index (κ3) is 1.89. The van der Waals surface area contributed by atoms with Crippen LogP contribution in [0.3, 0.4) is 0 Å². The topological polar surface area (TPSA) is 12.0 Å². The number of thiophene rings is 1. The average Bonchev–Trinajstić information content (AvgIpc) is 2.34. The second-order valence-electron chi connectivity index (χ2n) is 1.83. The van der Waals surface area contributed by atoms with Crippen molar-refractivity contribution in [3.8, 4) is 0 Å². The lowest BCUT2D eigenvalue weighted by molar-refractivity contribution is 0.814. The molecule has 0 radical (unpaired) electrons. The van der Waals surface area contributed by atoms with Gasteiger partial charge in [0.15, 0.2) is 0 Å². The number of nitrogens with one attached hydrogen (secondary N) is 1. The van der Waals surface area contributed by atoms with Crippen molar-refractivity contribution in [3.63, 3.8) is 0 Å². The van der Waals surface area contributed by atoms with Crippen molar-refractivity contribution in [1.29, 1.82) is 0 Å². The molecular weight excluding hydrogens is 186 g/mol. The molecule has 1 rings (SSSR count). The normalized spacial score (nSPS) is 13.5. The van der Waals surface area contributed by atoms with E-state index in [9.17, 15) is 0 Å². The molecule has 1 atom stereocenters. The van der Waals surface area contributed by atoms with Crippen LogP contribution >= 0.6 is 35.6 Å². The number of halogens is 1. The van der Waals surface area contributed by atoms with Crippen LogP contribution in [0.2, 0.25) is 4.34 Å². The van der Waals surface area contributed by atoms with E-state index in [1.165, 1.54) is 0 Å². The SMILES string of the molecule is CNC(S)c1ccc(Cl)s1. The second kappa shape index (κ2) is 3.62. The monoisotopic (exact) mass is 193 g/mol. The van der Waals surface area contributed by atoms with Crippen molar-refractivity contribution < 1.29 is 0 Å². The first kappa shape index (κ1) is 8.40. The third-order valence-corrected chi connectivity index (χ3v) is 3.14. The Morgan fingerprint density at radius 3 is 2.80 bits per heavy atom. The van der Waals surface area contributed by atoms with Gasteiger partial charge < -0.3 is 5.32 Å². The maximum atomic E-state index is 5.72. The molecule has 1 aromatic rings. The van der Waals surface area contributed by atoms with Crippen molar-refractivity contribution >= 4 is 35.6 Å². The van der Waals surface area contributed by atoms with Gasteiger partial charge in [-0.15, -0.1) is 11.3 Å². The fourth-order valence-corrected chi connectivity index (χ4v) is 1.92. The van der Waals surface area contributed by atoms with E-state index in [0.29, 0.717) is 0 Å². The first-order valence-corrected chi connectivity index (χ1v) is 4.55. The van der Waals surface area contributed by atoms with Crippen LogP contribution in [0.25, 0.3) is 0 Å². The fourth-order valence-electron chi connectivity index (χ4n) is 0.617. The summed E-state index contributed by atoms with van der Waals surface area (Å²) < 4.78 is 0.810. The van der Waals surface area contributed by atoms with E-state index in [1.54, 1.807) is 11.3 Å². The summed E-state index contributed by atoms with van der Waals surface area (Å²) in [6.07, 6.45) is 0. The van der Waals surface area contributed by atoms with Gasteiger partial charge in [-0.3, -0.25) is 0 Å². The van der Waals surface area contributed by atoms with Crippen molar-refractivity contribution in [2.75, 3.05) is 7.05 Å². The Hall–Kier alpha value is 0.300. The van der Waals surface area contributed by atoms with Crippen LogP contribution in [0, 0.1) is 0 Å². The van der Waals surface area contributed by atoms with Crippen LogP contribution in [-0.2, 0) is 0 Å². The minimum Gasteiger partial charge on any atom is -0.304 e. The number of rotatable bonds is 2. The van der Waals surface area contributed by atoms with Crippen LogP contribution < -0.4 is 5.32 Å². The van der Waals surface area contributed by atoms with Gasteiger partial charge in [0.25, 0.3) is 0 Å². The molecule has 0 fully saturated rings. The molecule has 10 heavy (non-hydrogen) atoms. The first-order valence-electron chi connectivity index (χ1n) is 2.84. The van der Waals surface area contributed by atoms with Gasteiger partial charge in [0.05, 0.1) is 9.71 Å². The number of hydrogen-bond acceptors (Lipinski definition) is 3. The molecule has 0 saturated heterocycles. The van der Waals surface area contributed by atoms with Crippen molar-refractivity contribution in [1.82, 2.24) is 5.32 Å². The van der Waals surface area contributed by atoms with Crippen LogP contribution in [0.4, 0.5) is 0 Å². The van der Waals surface area contributed by atoms with E-state index in [1.807, 2.05) is 19.2 Å². The summed E-state index contributed by atoms with van der Waals surface area (Å²) in [5.74, 6) is 0. The standard InChI is InChI=1S/C6H8ClNS2/c1-8-6(9)4-2-3-5(7)10-4/h2-3,6,8-9H,1H3. The lowest BCUT2D eigenvalue weighted by atomic mass is 10.5. The number of hydrogen-bond donors (Lipinski definition) is 2. The molecular formula is C6H8ClNS2. The quantitative estimate of drug-likeness (QED) is 0.544. The van der Waals surface area contributed by atoms with Gasteiger partial charge in [0.2, 0.25) is 0 Å². The highest BCUT2D eigenvalue weighted by molar-refractivity contribution is 7.80. The minimum atomic E-state index is 0.109. The predicted octanol–water partition coefficient (Wildman–Crippen LogP) is 2.55. The van der Waals surface area contributed by atoms with E-state index >= 15 is 0 Å². The zero-order valence-electron chi connectivity index (χ0n) is 5.47. The Bertz CT molecular complexity index is 211. The molecule has 1 N–H and O–H groups in total. The Morgan fingerprint density at radius 2 is 2.40 bits per heavy atom. The first-order chi connectivity index (χ1) is 4.74. The van der Waals surface area contributed by atoms with Gasteiger partial charge in [-0.25, -0.2) is 0 Å². The summed E-state index contributed by atoms with van der Waals surface area (Å²) in [4.78, 5) is 1.15. The molecule has 0 aliphatic rings. The maximum Gasteiger partial charge on any atom is 0.0932 e. The van der Waals surface area contributed by atoms with Crippen LogP contribution in [0.15, 0.2) is 12.1 Å². The summed E-state index contributed by atoms with van der Waals surface area (Å²) in [6.45, 7) is 0. The molecule has 0 saturated carbocycles. The predicted molar refractivity (Wildman–Crippen MR) is 50.1 cm³/mol. The molecule has 0 spiro atoms. The molecule has 56 valence electrons. The second-order valence-corrected chi connectivity index (χ2v) is 4.10. The summed E-state index contributed by atoms with van der Waals surface area (Å²) in [7, 11) is 1.87. The Kier molecular flexibility index (Phi) is 3.04. The summed E-state index contributed by atoms with van der Waals surface area (Å²) in [5, 5.41) is 3.12. The van der Waals surface area contributed by atoms with E-state index in [0.717, 1.165) is 9.21 Å². The fraction of sp³-hybridized carbons (Fsp3) is 0.333. The van der Waals surface area contributed by atoms with Gasteiger partial charge in [-0.05, 0) is 19.2 Å². The Labute approximate surface area is 74.8 Å². The molecule has 1 aromatic heterocycles. The van der Waals surface area contributed by atoms with Gasteiger partial charge >= 0.3 is 0 Å². The van der Waals surface area contributed by atoms with Gasteiger partial charge in [-0.2, -0.15) is 12.6 Å². The van der Waals surface area contributed by atoms with E-state index in [4.69, 9.17) is 11.6 Å². The van der Waals surface area contributed by atoms with Gasteiger partial charge in [0, 0.05) is 4.88 Å². The molecule has 1 heterocycles. The Balaban J connectivity index is 2.74. The van der Waals surface area contributed by atoms with Crippen LogP contribution in [0.1, 0.15) is 10.3 Å². The molecule has 1 nitrogen and oxygen atoms in total. The molecule has 4 heteroatoms. The third-order valence-electron chi connectivity index (χ3n) is 1.14. The highest BCUT2D eigenvalue weighted by Crippen LogP contribution is 2.28. The molecule has 0 amide bonds. The molecule has 0 aromatic carbocycles. The summed E-state index contributed by atoms with van der Waals surface area (Å²) in [6, 6.07) is 3.85. The zero-order chi connectivity index (χ0) is 7.56. The molecule has 0 aliphatic carbocycles. The highest BCUT2D eigenvalue weighted by Gasteiger charge is 2.04. The van der Waals surface area contributed by atoms with Crippen molar-refractivity contribution in [2.45, 2.75) is 5.37 Å². The van der Waals surface area contributed by atoms with Gasteiger partial charge in [0.1, 0.15) is 0 Å². The average molecular weight is 194 g/mol. The summed E-state index contributed by atoms with van der Waals surface area (Å²) >= 11 is 11.5. The lowest BCUT2D eigenvalue weighted by Gasteiger charge is -2.04. The highest BCUT2D eigenvalue weighted by atomic mass is 35.5. The molecule has 1 unspecified atom stereocenters. The smallest absolute Gasteiger partial charge is 0.0932 e. The van der Waals surface area contributed by atoms with E-state index in [2.05, 4.69) is 17.9 Å². The zero-order valence-corrected chi connectivity index (χ0v) is 7.93. The summed E-state index contributed by atoms with van der Waals surface area (Å²) in [5.41, 5.74) is 0. The Morgan fingerprint density at radius 1 is 1.70 bits per heavy atom. The maximum absolute atomic E-state index is 5.72. The van der Waals surface area contributed by atoms with Crippen molar-refractivity contribution in [2.24, 2.45) is 0 Å². The molecule has 0 bridgehead atoms. The lowest BCUT2D eigenvalue weighted by Crippen LogP contribution is -2.07. The van der Waals surface area contributed by atoms with E-state index < -0.39 is 0 Å². The minimum absolute atomic E-state index is 0.109.